The van der Waals surface area contributed by atoms with Crippen LogP contribution in [0.2, 0.25) is 5.15 Å². The third kappa shape index (κ3) is 3.69. The molecule has 0 aliphatic heterocycles. The van der Waals surface area contributed by atoms with Crippen molar-refractivity contribution in [2.24, 2.45) is 11.3 Å². The number of rotatable bonds is 2. The molecule has 20 heavy (non-hydrogen) atoms. The first kappa shape index (κ1) is 15.2. The summed E-state index contributed by atoms with van der Waals surface area (Å²) >= 11 is 5.78. The number of aromatic nitrogens is 2. The zero-order valence-corrected chi connectivity index (χ0v) is 13.1. The Morgan fingerprint density at radius 1 is 1.30 bits per heavy atom. The summed E-state index contributed by atoms with van der Waals surface area (Å²) < 4.78 is 0. The van der Waals surface area contributed by atoms with Crippen LogP contribution in [0.4, 0.5) is 0 Å². The molecule has 0 saturated heterocycles. The van der Waals surface area contributed by atoms with Crippen molar-refractivity contribution in [3.63, 3.8) is 0 Å². The number of amides is 1. The monoisotopic (exact) mass is 295 g/mol. The maximum absolute atomic E-state index is 12.3. The van der Waals surface area contributed by atoms with Crippen LogP contribution in [-0.2, 0) is 0 Å². The lowest BCUT2D eigenvalue weighted by Gasteiger charge is -2.40. The molecule has 1 N–H and O–H groups in total. The lowest BCUT2D eigenvalue weighted by molar-refractivity contribution is 0.0825. The molecule has 5 heteroatoms. The quantitative estimate of drug-likeness (QED) is 0.909. The highest BCUT2D eigenvalue weighted by atomic mass is 35.5. The van der Waals surface area contributed by atoms with Crippen LogP contribution in [0.25, 0.3) is 0 Å². The Bertz CT molecular complexity index is 484. The predicted molar refractivity (Wildman–Crippen MR) is 79.7 cm³/mol. The van der Waals surface area contributed by atoms with Gasteiger partial charge in [-0.25, -0.2) is 4.98 Å². The van der Waals surface area contributed by atoms with Crippen LogP contribution in [-0.4, -0.2) is 21.9 Å². The molecule has 1 aliphatic rings. The minimum atomic E-state index is -0.179. The predicted octanol–water partition coefficient (Wildman–Crippen LogP) is 3.46. The molecule has 1 saturated carbocycles. The van der Waals surface area contributed by atoms with Gasteiger partial charge in [-0.15, -0.1) is 0 Å². The van der Waals surface area contributed by atoms with Crippen molar-refractivity contribution in [1.82, 2.24) is 15.3 Å². The van der Waals surface area contributed by atoms with Crippen LogP contribution in [0.3, 0.4) is 0 Å². The van der Waals surface area contributed by atoms with Gasteiger partial charge in [-0.05, 0) is 24.2 Å². The highest BCUT2D eigenvalue weighted by Crippen LogP contribution is 2.38. The van der Waals surface area contributed by atoms with Gasteiger partial charge in [-0.3, -0.25) is 9.78 Å². The number of nitrogens with zero attached hydrogens (tertiary/aromatic N) is 2. The minimum absolute atomic E-state index is 0.179. The first-order valence-electron chi connectivity index (χ1n) is 7.16. The molecule has 2 atom stereocenters. The second-order valence-electron chi connectivity index (χ2n) is 6.56. The molecule has 1 heterocycles. The summed E-state index contributed by atoms with van der Waals surface area (Å²) in [5, 5.41) is 3.36. The molecule has 4 nitrogen and oxygen atoms in total. The van der Waals surface area contributed by atoms with E-state index in [0.29, 0.717) is 5.92 Å². The Morgan fingerprint density at radius 2 is 2.00 bits per heavy atom. The number of hydrogen-bond acceptors (Lipinski definition) is 3. The van der Waals surface area contributed by atoms with Crippen molar-refractivity contribution in [3.05, 3.63) is 23.2 Å². The second kappa shape index (κ2) is 6.08. The molecule has 0 aromatic carbocycles. The number of carbonyl (C=O) groups excluding carboxylic acids is 1. The minimum Gasteiger partial charge on any atom is -0.348 e. The van der Waals surface area contributed by atoms with Gasteiger partial charge >= 0.3 is 0 Å². The lowest BCUT2D eigenvalue weighted by Crippen LogP contribution is -2.46. The zero-order valence-electron chi connectivity index (χ0n) is 12.3. The van der Waals surface area contributed by atoms with Gasteiger partial charge in [-0.2, -0.15) is 0 Å². The normalized spacial score (nSPS) is 23.4. The second-order valence-corrected chi connectivity index (χ2v) is 6.95. The van der Waals surface area contributed by atoms with Crippen LogP contribution in [0, 0.1) is 11.3 Å². The van der Waals surface area contributed by atoms with Crippen molar-refractivity contribution in [3.8, 4) is 0 Å². The maximum atomic E-state index is 12.3. The maximum Gasteiger partial charge on any atom is 0.271 e. The zero-order chi connectivity index (χ0) is 14.8. The van der Waals surface area contributed by atoms with Gasteiger partial charge in [0.1, 0.15) is 10.8 Å². The van der Waals surface area contributed by atoms with E-state index in [1.54, 1.807) is 0 Å². The highest BCUT2D eigenvalue weighted by Gasteiger charge is 2.35. The summed E-state index contributed by atoms with van der Waals surface area (Å²) in [4.78, 5) is 20.2. The van der Waals surface area contributed by atoms with E-state index in [2.05, 4.69) is 36.1 Å². The van der Waals surface area contributed by atoms with Crippen molar-refractivity contribution in [2.45, 2.75) is 52.5 Å². The SMILES string of the molecule is CC(C)(C)C1CCCCC1NC(=O)c1cncc(Cl)n1. The number of halogens is 1. The van der Waals surface area contributed by atoms with E-state index >= 15 is 0 Å². The molecular weight excluding hydrogens is 274 g/mol. The average molecular weight is 296 g/mol. The summed E-state index contributed by atoms with van der Waals surface area (Å²) in [7, 11) is 0. The fourth-order valence-corrected chi connectivity index (χ4v) is 3.18. The first-order valence-corrected chi connectivity index (χ1v) is 7.54. The third-order valence-electron chi connectivity index (χ3n) is 4.03. The van der Waals surface area contributed by atoms with Gasteiger partial charge in [-0.1, -0.05) is 45.2 Å². The Morgan fingerprint density at radius 3 is 2.65 bits per heavy atom. The summed E-state index contributed by atoms with van der Waals surface area (Å²) in [6.07, 6.45) is 7.48. The molecule has 1 amide bonds. The summed E-state index contributed by atoms with van der Waals surface area (Å²) in [5.41, 5.74) is 0.481. The van der Waals surface area contributed by atoms with E-state index in [1.165, 1.54) is 25.2 Å². The molecule has 0 radical (unpaired) electrons. The van der Waals surface area contributed by atoms with Crippen LogP contribution in [0.1, 0.15) is 56.9 Å². The fraction of sp³-hybridized carbons (Fsp3) is 0.667. The van der Waals surface area contributed by atoms with E-state index in [4.69, 9.17) is 11.6 Å². The highest BCUT2D eigenvalue weighted by molar-refractivity contribution is 6.29. The van der Waals surface area contributed by atoms with E-state index in [1.807, 2.05) is 0 Å². The van der Waals surface area contributed by atoms with E-state index < -0.39 is 0 Å². The van der Waals surface area contributed by atoms with Crippen LogP contribution >= 0.6 is 11.6 Å². The molecule has 0 spiro atoms. The smallest absolute Gasteiger partial charge is 0.271 e. The largest absolute Gasteiger partial charge is 0.348 e. The van der Waals surface area contributed by atoms with Gasteiger partial charge in [0.2, 0.25) is 0 Å². The number of carbonyl (C=O) groups is 1. The van der Waals surface area contributed by atoms with Gasteiger partial charge in [0.05, 0.1) is 12.4 Å². The lowest BCUT2D eigenvalue weighted by atomic mass is 9.69. The standard InChI is InChI=1S/C15H22ClN3O/c1-15(2,3)10-6-4-5-7-11(10)19-14(20)12-8-17-9-13(16)18-12/h8-11H,4-7H2,1-3H3,(H,19,20). The molecule has 1 aromatic rings. The summed E-state index contributed by atoms with van der Waals surface area (Å²) in [6, 6.07) is 0.206. The van der Waals surface area contributed by atoms with Crippen LogP contribution in [0.5, 0.6) is 0 Å². The van der Waals surface area contributed by atoms with E-state index in [9.17, 15) is 4.79 Å². The number of hydrogen-bond donors (Lipinski definition) is 1. The van der Waals surface area contributed by atoms with Gasteiger partial charge in [0.25, 0.3) is 5.91 Å². The molecular formula is C15H22ClN3O. The topological polar surface area (TPSA) is 54.9 Å². The molecule has 0 bridgehead atoms. The molecule has 1 fully saturated rings. The van der Waals surface area contributed by atoms with E-state index in [-0.39, 0.29) is 28.2 Å². The van der Waals surface area contributed by atoms with Crippen molar-refractivity contribution < 1.29 is 4.79 Å². The van der Waals surface area contributed by atoms with E-state index in [0.717, 1.165) is 12.8 Å². The average Bonchev–Trinajstić information content (AvgIpc) is 2.38. The fourth-order valence-electron chi connectivity index (χ4n) is 3.03. The summed E-state index contributed by atoms with van der Waals surface area (Å²) in [5.74, 6) is 0.313. The summed E-state index contributed by atoms with van der Waals surface area (Å²) in [6.45, 7) is 6.71. The third-order valence-corrected chi connectivity index (χ3v) is 4.21. The Balaban J connectivity index is 2.09. The molecule has 110 valence electrons. The Labute approximate surface area is 125 Å². The first-order chi connectivity index (χ1) is 9.38. The Hall–Kier alpha value is -1.16. The molecule has 2 unspecified atom stereocenters. The molecule has 1 aliphatic carbocycles. The van der Waals surface area contributed by atoms with Crippen molar-refractivity contribution in [1.29, 1.82) is 0 Å². The van der Waals surface area contributed by atoms with Crippen molar-refractivity contribution >= 4 is 17.5 Å². The number of nitrogens with one attached hydrogen (secondary N) is 1. The van der Waals surface area contributed by atoms with Gasteiger partial charge < -0.3 is 5.32 Å². The Kier molecular flexibility index (Phi) is 4.63. The molecule has 1 aromatic heterocycles. The van der Waals surface area contributed by atoms with Crippen molar-refractivity contribution in [2.75, 3.05) is 0 Å². The van der Waals surface area contributed by atoms with Gasteiger partial charge in [0.15, 0.2) is 0 Å². The van der Waals surface area contributed by atoms with Gasteiger partial charge in [0, 0.05) is 6.04 Å². The van der Waals surface area contributed by atoms with Crippen LogP contribution < -0.4 is 5.32 Å². The molecule has 2 rings (SSSR count). The van der Waals surface area contributed by atoms with Crippen LogP contribution in [0.15, 0.2) is 12.4 Å².